The van der Waals surface area contributed by atoms with E-state index in [1.165, 1.54) is 15.5 Å². The largest absolute Gasteiger partial charge is 1.00 e. The van der Waals surface area contributed by atoms with Crippen LogP contribution in [0.3, 0.4) is 0 Å². The average Bonchev–Trinajstić information content (AvgIpc) is 3.16. The second-order valence-electron chi connectivity index (χ2n) is 4.92. The standard InChI is InChI=1S/C17H12NOS2.BrH/c19-16(12-4-2-1-3-5-12)8-18-9-17-13(6-7-21-17)14-10-20-11-15(14)18;/h1-7,9-11H,8H2;1H/q+1;/p-1. The van der Waals surface area contributed by atoms with E-state index in [1.54, 1.807) is 22.7 Å². The van der Waals surface area contributed by atoms with Crippen molar-refractivity contribution in [2.45, 2.75) is 6.54 Å². The molecule has 0 amide bonds. The zero-order valence-electron chi connectivity index (χ0n) is 11.5. The Hall–Kier alpha value is -1.56. The summed E-state index contributed by atoms with van der Waals surface area (Å²) in [5.41, 5.74) is 1.90. The number of carbonyl (C=O) groups is 1. The molecular weight excluding hydrogens is 378 g/mol. The normalized spacial score (nSPS) is 10.7. The van der Waals surface area contributed by atoms with Gasteiger partial charge in [0.25, 0.3) is 0 Å². The van der Waals surface area contributed by atoms with Crippen LogP contribution in [-0.4, -0.2) is 5.78 Å². The molecule has 5 heteroatoms. The Morgan fingerprint density at radius 2 is 1.86 bits per heavy atom. The van der Waals surface area contributed by atoms with E-state index in [1.807, 2.05) is 30.3 Å². The van der Waals surface area contributed by atoms with Gasteiger partial charge in [-0.15, -0.1) is 22.7 Å². The minimum Gasteiger partial charge on any atom is -1.00 e. The first-order valence-corrected chi connectivity index (χ1v) is 8.49. The van der Waals surface area contributed by atoms with E-state index >= 15 is 0 Å². The lowest BCUT2D eigenvalue weighted by molar-refractivity contribution is -0.655. The molecule has 0 aliphatic heterocycles. The van der Waals surface area contributed by atoms with Crippen LogP contribution in [0, 0.1) is 0 Å². The summed E-state index contributed by atoms with van der Waals surface area (Å²) >= 11 is 3.40. The third-order valence-electron chi connectivity index (χ3n) is 3.62. The highest BCUT2D eigenvalue weighted by atomic mass is 79.9. The number of pyridine rings is 1. The number of rotatable bonds is 3. The first kappa shape index (κ1) is 15.3. The molecule has 4 aromatic rings. The van der Waals surface area contributed by atoms with Gasteiger partial charge in [-0.3, -0.25) is 4.79 Å². The van der Waals surface area contributed by atoms with Gasteiger partial charge in [-0.05, 0) is 11.4 Å². The number of hydrogen-bond acceptors (Lipinski definition) is 3. The van der Waals surface area contributed by atoms with Crippen LogP contribution in [-0.2, 0) is 6.54 Å². The molecule has 3 heterocycles. The monoisotopic (exact) mass is 389 g/mol. The highest BCUT2D eigenvalue weighted by molar-refractivity contribution is 7.17. The summed E-state index contributed by atoms with van der Waals surface area (Å²) < 4.78 is 3.29. The minimum absolute atomic E-state index is 0. The zero-order chi connectivity index (χ0) is 14.2. The maximum Gasteiger partial charge on any atom is 0.227 e. The average molecular weight is 390 g/mol. The fraction of sp³-hybridized carbons (Fsp3) is 0.0588. The molecule has 0 radical (unpaired) electrons. The maximum absolute atomic E-state index is 12.4. The Labute approximate surface area is 146 Å². The highest BCUT2D eigenvalue weighted by Gasteiger charge is 2.18. The van der Waals surface area contributed by atoms with Gasteiger partial charge in [0.1, 0.15) is 0 Å². The fourth-order valence-corrected chi connectivity index (χ4v) is 4.26. The van der Waals surface area contributed by atoms with Gasteiger partial charge in [-0.25, -0.2) is 0 Å². The summed E-state index contributed by atoms with van der Waals surface area (Å²) in [6.07, 6.45) is 2.09. The molecule has 0 aliphatic carbocycles. The minimum atomic E-state index is 0. The molecule has 0 aliphatic rings. The van der Waals surface area contributed by atoms with E-state index in [4.69, 9.17) is 0 Å². The second kappa shape index (κ2) is 6.28. The van der Waals surface area contributed by atoms with Gasteiger partial charge >= 0.3 is 0 Å². The first-order valence-electron chi connectivity index (χ1n) is 6.67. The molecule has 0 N–H and O–H groups in total. The molecule has 0 saturated carbocycles. The van der Waals surface area contributed by atoms with Crippen LogP contribution in [0.15, 0.2) is 58.7 Å². The van der Waals surface area contributed by atoms with Crippen molar-refractivity contribution in [1.82, 2.24) is 0 Å². The SMILES string of the molecule is O=C(C[n+]1cc2sccc2c2cscc21)c1ccccc1.[Br-]. The topological polar surface area (TPSA) is 20.9 Å². The number of halogens is 1. The molecular formula is C17H12BrNOS2. The van der Waals surface area contributed by atoms with Crippen molar-refractivity contribution in [1.29, 1.82) is 0 Å². The van der Waals surface area contributed by atoms with Crippen molar-refractivity contribution in [3.05, 3.63) is 64.3 Å². The summed E-state index contributed by atoms with van der Waals surface area (Å²) in [5, 5.41) is 8.89. The molecule has 0 fully saturated rings. The van der Waals surface area contributed by atoms with Gasteiger partial charge in [0.15, 0.2) is 6.20 Å². The number of fused-ring (bicyclic) bond motifs is 3. The zero-order valence-corrected chi connectivity index (χ0v) is 14.7. The molecule has 0 saturated heterocycles. The molecule has 3 aromatic heterocycles. The molecule has 0 bridgehead atoms. The molecule has 110 valence electrons. The molecule has 1 aromatic carbocycles. The quantitative estimate of drug-likeness (QED) is 0.382. The van der Waals surface area contributed by atoms with Gasteiger partial charge in [-0.1, -0.05) is 30.3 Å². The van der Waals surface area contributed by atoms with Crippen molar-refractivity contribution < 1.29 is 26.3 Å². The Balaban J connectivity index is 0.00000144. The lowest BCUT2D eigenvalue weighted by Crippen LogP contribution is -3.00. The predicted molar refractivity (Wildman–Crippen MR) is 88.2 cm³/mol. The summed E-state index contributed by atoms with van der Waals surface area (Å²) in [6, 6.07) is 11.6. The number of aromatic nitrogens is 1. The van der Waals surface area contributed by atoms with E-state index < -0.39 is 0 Å². The Morgan fingerprint density at radius 1 is 1.05 bits per heavy atom. The number of thiophene rings is 2. The van der Waals surface area contributed by atoms with E-state index in [-0.39, 0.29) is 22.8 Å². The van der Waals surface area contributed by atoms with Crippen molar-refractivity contribution in [3.63, 3.8) is 0 Å². The van der Waals surface area contributed by atoms with Crippen LogP contribution in [0.25, 0.3) is 21.0 Å². The summed E-state index contributed by atoms with van der Waals surface area (Å²) in [4.78, 5) is 12.4. The number of benzene rings is 1. The number of carbonyl (C=O) groups excluding carboxylic acids is 1. The van der Waals surface area contributed by atoms with Gasteiger partial charge in [0.05, 0.1) is 15.5 Å². The van der Waals surface area contributed by atoms with Crippen molar-refractivity contribution in [3.8, 4) is 0 Å². The molecule has 0 unspecified atom stereocenters. The maximum atomic E-state index is 12.4. The third-order valence-corrected chi connectivity index (χ3v) is 5.20. The summed E-state index contributed by atoms with van der Waals surface area (Å²) in [6.45, 7) is 0.380. The van der Waals surface area contributed by atoms with Gasteiger partial charge in [-0.2, -0.15) is 4.57 Å². The van der Waals surface area contributed by atoms with E-state index in [0.29, 0.717) is 6.54 Å². The van der Waals surface area contributed by atoms with Crippen LogP contribution in [0.2, 0.25) is 0 Å². The number of ketones is 1. The third kappa shape index (κ3) is 2.60. The molecule has 0 spiro atoms. The second-order valence-corrected chi connectivity index (χ2v) is 6.61. The number of Topliss-reactive ketones (excluding diaryl/α,β-unsaturated/α-hetero) is 1. The molecule has 4 rings (SSSR count). The Morgan fingerprint density at radius 3 is 2.68 bits per heavy atom. The van der Waals surface area contributed by atoms with Crippen molar-refractivity contribution in [2.24, 2.45) is 0 Å². The number of nitrogens with zero attached hydrogens (tertiary/aromatic N) is 1. The smallest absolute Gasteiger partial charge is 0.227 e. The van der Waals surface area contributed by atoms with Crippen LogP contribution in [0.1, 0.15) is 10.4 Å². The lowest BCUT2D eigenvalue weighted by Gasteiger charge is -2.00. The van der Waals surface area contributed by atoms with E-state index in [0.717, 1.165) is 11.1 Å². The van der Waals surface area contributed by atoms with Crippen LogP contribution >= 0.6 is 22.7 Å². The van der Waals surface area contributed by atoms with Gasteiger partial charge in [0.2, 0.25) is 17.8 Å². The van der Waals surface area contributed by atoms with Crippen molar-refractivity contribution in [2.75, 3.05) is 0 Å². The highest BCUT2D eigenvalue weighted by Crippen LogP contribution is 2.28. The fourth-order valence-electron chi connectivity index (χ4n) is 2.57. The van der Waals surface area contributed by atoms with E-state index in [9.17, 15) is 4.79 Å². The Kier molecular flexibility index (Phi) is 4.38. The number of hydrogen-bond donors (Lipinski definition) is 0. The predicted octanol–water partition coefficient (Wildman–Crippen LogP) is 1.29. The van der Waals surface area contributed by atoms with E-state index in [2.05, 4.69) is 33.0 Å². The molecule has 0 atom stereocenters. The summed E-state index contributed by atoms with van der Waals surface area (Å²) in [7, 11) is 0. The van der Waals surface area contributed by atoms with Crippen molar-refractivity contribution >= 4 is 49.4 Å². The van der Waals surface area contributed by atoms with Crippen LogP contribution in [0.5, 0.6) is 0 Å². The lowest BCUT2D eigenvalue weighted by atomic mass is 10.1. The van der Waals surface area contributed by atoms with Gasteiger partial charge < -0.3 is 17.0 Å². The van der Waals surface area contributed by atoms with Crippen LogP contribution < -0.4 is 21.5 Å². The molecule has 22 heavy (non-hydrogen) atoms. The molecule has 2 nitrogen and oxygen atoms in total. The van der Waals surface area contributed by atoms with Gasteiger partial charge in [0, 0.05) is 16.3 Å². The van der Waals surface area contributed by atoms with Crippen LogP contribution in [0.4, 0.5) is 0 Å². The first-order chi connectivity index (χ1) is 10.3. The Bertz CT molecular complexity index is 943. The summed E-state index contributed by atoms with van der Waals surface area (Å²) in [5.74, 6) is 0.143.